The molecule has 0 saturated heterocycles. The van der Waals surface area contributed by atoms with Crippen LogP contribution in [0.25, 0.3) is 11.6 Å². The molecule has 0 bridgehead atoms. The first-order chi connectivity index (χ1) is 7.00. The summed E-state index contributed by atoms with van der Waals surface area (Å²) in [7, 11) is 0. The van der Waals surface area contributed by atoms with Crippen LogP contribution in [0.5, 0.6) is 0 Å². The lowest BCUT2D eigenvalue weighted by atomic mass is 10.4. The minimum absolute atomic E-state index is 0.0545. The molecule has 0 aliphatic carbocycles. The normalized spacial score (nSPS) is 15.4. The molecule has 0 aliphatic rings. The van der Waals surface area contributed by atoms with Crippen molar-refractivity contribution in [2.24, 2.45) is 0 Å². The molecule has 0 radical (unpaired) electrons. The summed E-state index contributed by atoms with van der Waals surface area (Å²) in [5, 5.41) is 0. The molecule has 0 spiro atoms. The van der Waals surface area contributed by atoms with Crippen molar-refractivity contribution in [3.05, 3.63) is 29.1 Å². The topological polar surface area (TPSA) is 41.8 Å². The van der Waals surface area contributed by atoms with Gasteiger partial charge in [0.05, 0.1) is 5.48 Å². The van der Waals surface area contributed by atoms with Gasteiger partial charge in [-0.05, 0) is 28.0 Å². The Morgan fingerprint density at radius 2 is 2.55 bits per heavy atom. The summed E-state index contributed by atoms with van der Waals surface area (Å²) in [6.45, 7) is 0. The van der Waals surface area contributed by atoms with Crippen LogP contribution in [-0.4, -0.2) is 9.97 Å². The number of H-pyrrole nitrogens is 1. The lowest BCUT2D eigenvalue weighted by molar-refractivity contribution is 0.552. The fourth-order valence-electron chi connectivity index (χ4n) is 0.661. The van der Waals surface area contributed by atoms with Gasteiger partial charge in [-0.2, -0.15) is 0 Å². The van der Waals surface area contributed by atoms with Gasteiger partial charge in [0.25, 0.3) is 0 Å². The number of halogens is 1. The highest BCUT2D eigenvalue weighted by Gasteiger charge is 2.03. The van der Waals surface area contributed by atoms with E-state index >= 15 is 0 Å². The minimum Gasteiger partial charge on any atom is -0.446 e. The van der Waals surface area contributed by atoms with Gasteiger partial charge in [-0.1, -0.05) is 0 Å². The van der Waals surface area contributed by atoms with E-state index in [0.29, 0.717) is 0 Å². The quantitative estimate of drug-likeness (QED) is 0.796. The first-order valence-electron chi connectivity index (χ1n) is 4.79. The average Bonchev–Trinajstić information content (AvgIpc) is 2.63. The van der Waals surface area contributed by atoms with Crippen LogP contribution in [0.3, 0.4) is 0 Å². The fourth-order valence-corrected chi connectivity index (χ4v) is 0.922. The summed E-state index contributed by atoms with van der Waals surface area (Å²) < 4.78 is 34.7. The molecule has 2 aromatic rings. The van der Waals surface area contributed by atoms with Crippen molar-refractivity contribution in [1.82, 2.24) is 9.97 Å². The van der Waals surface area contributed by atoms with Crippen LogP contribution in [0.15, 0.2) is 33.5 Å². The van der Waals surface area contributed by atoms with Gasteiger partial charge in [0, 0.05) is 12.3 Å². The van der Waals surface area contributed by atoms with E-state index in [9.17, 15) is 0 Å². The Labute approximate surface area is 77.2 Å². The van der Waals surface area contributed by atoms with Crippen LogP contribution in [0.2, 0.25) is 0 Å². The zero-order chi connectivity index (χ0) is 11.2. The van der Waals surface area contributed by atoms with Gasteiger partial charge in [-0.3, -0.25) is 0 Å². The number of furan rings is 1. The molecule has 0 atom stereocenters. The first kappa shape index (κ1) is 3.58. The van der Waals surface area contributed by atoms with Gasteiger partial charge in [0.1, 0.15) is 0 Å². The van der Waals surface area contributed by atoms with Crippen molar-refractivity contribution < 1.29 is 9.90 Å². The standard InChI is InChI=1S/C7H5BrN2O/c8-6-2-1-5(11-6)7-9-3-4-10-7/h1-4H,(H,9,10)/i1D,2D,3D,4D. The van der Waals surface area contributed by atoms with Crippen molar-refractivity contribution in [3.8, 4) is 11.6 Å². The van der Waals surface area contributed by atoms with Crippen LogP contribution in [0.1, 0.15) is 5.48 Å². The summed E-state index contributed by atoms with van der Waals surface area (Å²) in [5.41, 5.74) is 0. The second-order valence-corrected chi connectivity index (χ2v) is 2.50. The Kier molecular flexibility index (Phi) is 0.827. The molecule has 0 aromatic carbocycles. The third kappa shape index (κ3) is 1.21. The summed E-state index contributed by atoms with van der Waals surface area (Å²) in [6.07, 6.45) is -0.369. The third-order valence-corrected chi connectivity index (χ3v) is 1.45. The maximum atomic E-state index is 7.54. The Hall–Kier alpha value is -1.03. The molecule has 3 nitrogen and oxygen atoms in total. The second-order valence-electron chi connectivity index (χ2n) is 1.78. The summed E-state index contributed by atoms with van der Waals surface area (Å²) in [6, 6.07) is -0.213. The number of rotatable bonds is 1. The number of aromatic amines is 1. The second kappa shape index (κ2) is 2.54. The van der Waals surface area contributed by atoms with E-state index in [1.165, 1.54) is 0 Å². The smallest absolute Gasteiger partial charge is 0.173 e. The average molecular weight is 217 g/mol. The van der Waals surface area contributed by atoms with Crippen molar-refractivity contribution in [1.29, 1.82) is 0 Å². The van der Waals surface area contributed by atoms with Gasteiger partial charge in [0.2, 0.25) is 0 Å². The molecule has 0 unspecified atom stereocenters. The lowest BCUT2D eigenvalue weighted by Gasteiger charge is -1.86. The van der Waals surface area contributed by atoms with Crippen molar-refractivity contribution >= 4 is 15.9 Å². The molecule has 4 heteroatoms. The minimum atomic E-state index is -0.219. The van der Waals surface area contributed by atoms with Crippen molar-refractivity contribution in [2.75, 3.05) is 0 Å². The highest BCUT2D eigenvalue weighted by Crippen LogP contribution is 2.21. The van der Waals surface area contributed by atoms with Gasteiger partial charge in [0.15, 0.2) is 16.3 Å². The molecule has 0 aliphatic heterocycles. The molecule has 0 fully saturated rings. The molecule has 2 rings (SSSR count). The molecule has 2 heterocycles. The van der Waals surface area contributed by atoms with Gasteiger partial charge in [-0.15, -0.1) is 0 Å². The largest absolute Gasteiger partial charge is 0.446 e. The Morgan fingerprint density at radius 1 is 1.64 bits per heavy atom. The number of hydrogen-bond acceptors (Lipinski definition) is 2. The zero-order valence-electron chi connectivity index (χ0n) is 9.23. The predicted molar refractivity (Wildman–Crippen MR) is 44.0 cm³/mol. The molecular formula is C7H5BrN2O. The van der Waals surface area contributed by atoms with Gasteiger partial charge >= 0.3 is 0 Å². The third-order valence-electron chi connectivity index (χ3n) is 1.09. The van der Waals surface area contributed by atoms with E-state index in [-0.39, 0.29) is 40.7 Å². The summed E-state index contributed by atoms with van der Waals surface area (Å²) in [4.78, 5) is 6.19. The Morgan fingerprint density at radius 3 is 3.09 bits per heavy atom. The molecule has 11 heavy (non-hydrogen) atoms. The first-order valence-corrected chi connectivity index (χ1v) is 3.59. The number of aromatic nitrogens is 2. The number of nitrogens with zero attached hydrogens (tertiary/aromatic N) is 1. The van der Waals surface area contributed by atoms with Crippen molar-refractivity contribution in [3.63, 3.8) is 0 Å². The highest BCUT2D eigenvalue weighted by atomic mass is 79.9. The number of hydrogen-bond donors (Lipinski definition) is 1. The molecule has 56 valence electrons. The molecule has 0 saturated carbocycles. The van der Waals surface area contributed by atoms with E-state index in [4.69, 9.17) is 9.90 Å². The van der Waals surface area contributed by atoms with E-state index in [0.717, 1.165) is 0 Å². The van der Waals surface area contributed by atoms with Crippen LogP contribution in [0, 0.1) is 0 Å². The van der Waals surface area contributed by atoms with E-state index < -0.39 is 0 Å². The molecule has 0 amide bonds. The zero-order valence-corrected chi connectivity index (χ0v) is 6.82. The fraction of sp³-hybridized carbons (Fsp3) is 0. The molecule has 2 aromatic heterocycles. The van der Waals surface area contributed by atoms with E-state index in [2.05, 4.69) is 25.9 Å². The van der Waals surface area contributed by atoms with Crippen LogP contribution < -0.4 is 0 Å². The lowest BCUT2D eigenvalue weighted by Crippen LogP contribution is -1.73. The van der Waals surface area contributed by atoms with Gasteiger partial charge < -0.3 is 9.40 Å². The number of nitrogens with one attached hydrogen (secondary N) is 1. The molecular weight excluding hydrogens is 208 g/mol. The van der Waals surface area contributed by atoms with Crippen molar-refractivity contribution in [2.45, 2.75) is 0 Å². The monoisotopic (exact) mass is 216 g/mol. The summed E-state index contributed by atoms with van der Waals surface area (Å²) >= 11 is 2.98. The summed E-state index contributed by atoms with van der Waals surface area (Å²) in [5.74, 6) is 0.174. The van der Waals surface area contributed by atoms with Crippen LogP contribution in [0.4, 0.5) is 0 Å². The SMILES string of the molecule is [2H]c1nc(-c2oc(Br)c([2H])c2[2H])[nH]c1[2H]. The Bertz CT molecular complexity index is 502. The van der Waals surface area contributed by atoms with Crippen LogP contribution >= 0.6 is 15.9 Å². The van der Waals surface area contributed by atoms with Crippen LogP contribution in [-0.2, 0) is 0 Å². The highest BCUT2D eigenvalue weighted by molar-refractivity contribution is 9.10. The maximum Gasteiger partial charge on any atom is 0.173 e. The predicted octanol–water partition coefficient (Wildman–Crippen LogP) is 2.43. The molecule has 1 N–H and O–H groups in total. The number of imidazole rings is 1. The maximum absolute atomic E-state index is 7.54. The van der Waals surface area contributed by atoms with E-state index in [1.807, 2.05) is 0 Å². The Balaban J connectivity index is 2.59. The van der Waals surface area contributed by atoms with E-state index in [1.54, 1.807) is 0 Å². The van der Waals surface area contributed by atoms with Gasteiger partial charge in [-0.25, -0.2) is 4.98 Å².